The van der Waals surface area contributed by atoms with E-state index in [4.69, 9.17) is 4.74 Å². The summed E-state index contributed by atoms with van der Waals surface area (Å²) in [5.74, 6) is -1.33. The van der Waals surface area contributed by atoms with E-state index < -0.39 is 11.6 Å². The molecule has 15 heavy (non-hydrogen) atoms. The molecule has 5 heteroatoms. The van der Waals surface area contributed by atoms with Crippen LogP contribution < -0.4 is 5.32 Å². The summed E-state index contributed by atoms with van der Waals surface area (Å²) < 4.78 is 30.8. The first kappa shape index (κ1) is 11.8. The van der Waals surface area contributed by atoms with Gasteiger partial charge in [0.2, 0.25) is 0 Å². The quantitative estimate of drug-likeness (QED) is 0.766. The van der Waals surface area contributed by atoms with Crippen LogP contribution in [-0.2, 0) is 4.74 Å². The van der Waals surface area contributed by atoms with Gasteiger partial charge in [0.05, 0.1) is 18.9 Å². The Balaban J connectivity index is 2.37. The third-order valence-corrected chi connectivity index (χ3v) is 1.65. The number of rotatable bonds is 5. The highest BCUT2D eigenvalue weighted by atomic mass is 19.1. The predicted molar refractivity (Wildman–Crippen MR) is 53.7 cm³/mol. The van der Waals surface area contributed by atoms with E-state index in [2.05, 4.69) is 10.3 Å². The van der Waals surface area contributed by atoms with Crippen molar-refractivity contribution >= 4 is 5.82 Å². The maximum Gasteiger partial charge on any atom is 0.168 e. The molecule has 84 valence electrons. The number of anilines is 1. The number of hydrogen-bond donors (Lipinski definition) is 1. The van der Waals surface area contributed by atoms with Crippen molar-refractivity contribution in [2.24, 2.45) is 0 Å². The van der Waals surface area contributed by atoms with Gasteiger partial charge in [-0.3, -0.25) is 0 Å². The van der Waals surface area contributed by atoms with Crippen molar-refractivity contribution in [2.75, 3.05) is 18.5 Å². The van der Waals surface area contributed by atoms with Crippen LogP contribution in [0.4, 0.5) is 14.6 Å². The van der Waals surface area contributed by atoms with Crippen molar-refractivity contribution in [2.45, 2.75) is 20.0 Å². The number of nitrogens with one attached hydrogen (secondary N) is 1. The lowest BCUT2D eigenvalue weighted by molar-refractivity contribution is 0.0870. The first-order valence-electron chi connectivity index (χ1n) is 4.76. The fraction of sp³-hybridized carbons (Fsp3) is 0.500. The van der Waals surface area contributed by atoms with Gasteiger partial charge in [-0.25, -0.2) is 13.8 Å². The van der Waals surface area contributed by atoms with Crippen molar-refractivity contribution in [3.05, 3.63) is 23.9 Å². The molecule has 1 rings (SSSR count). The van der Waals surface area contributed by atoms with Gasteiger partial charge in [-0.15, -0.1) is 0 Å². The third-order valence-electron chi connectivity index (χ3n) is 1.65. The van der Waals surface area contributed by atoms with Crippen molar-refractivity contribution < 1.29 is 13.5 Å². The summed E-state index contributed by atoms with van der Waals surface area (Å²) in [6.45, 7) is 4.72. The number of nitrogens with zero attached hydrogens (tertiary/aromatic N) is 1. The topological polar surface area (TPSA) is 34.1 Å². The zero-order valence-corrected chi connectivity index (χ0v) is 8.76. The second-order valence-electron chi connectivity index (χ2n) is 3.33. The maximum atomic E-state index is 13.0. The highest BCUT2D eigenvalue weighted by Gasteiger charge is 2.04. The average molecular weight is 216 g/mol. The molecule has 3 nitrogen and oxygen atoms in total. The first-order chi connectivity index (χ1) is 7.09. The van der Waals surface area contributed by atoms with E-state index in [0.29, 0.717) is 13.2 Å². The molecule has 0 aromatic carbocycles. The Bertz CT molecular complexity index is 318. The van der Waals surface area contributed by atoms with E-state index in [0.717, 1.165) is 12.3 Å². The van der Waals surface area contributed by atoms with E-state index in [1.165, 1.54) is 0 Å². The van der Waals surface area contributed by atoms with Crippen LogP contribution in [0.1, 0.15) is 13.8 Å². The normalized spacial score (nSPS) is 10.7. The molecule has 0 bridgehead atoms. The second-order valence-corrected chi connectivity index (χ2v) is 3.33. The Morgan fingerprint density at radius 2 is 2.20 bits per heavy atom. The molecule has 0 fully saturated rings. The maximum absolute atomic E-state index is 13.0. The summed E-state index contributed by atoms with van der Waals surface area (Å²) in [5.41, 5.74) is 0. The van der Waals surface area contributed by atoms with Crippen molar-refractivity contribution in [1.29, 1.82) is 0 Å². The van der Waals surface area contributed by atoms with Crippen molar-refractivity contribution in [1.82, 2.24) is 4.98 Å². The van der Waals surface area contributed by atoms with Crippen LogP contribution in [0.5, 0.6) is 0 Å². The molecule has 0 saturated carbocycles. The number of hydrogen-bond acceptors (Lipinski definition) is 3. The minimum Gasteiger partial charge on any atom is -0.377 e. The fourth-order valence-corrected chi connectivity index (χ4v) is 1.01. The Kier molecular flexibility index (Phi) is 4.42. The van der Waals surface area contributed by atoms with Crippen molar-refractivity contribution in [3.8, 4) is 0 Å². The molecule has 1 N–H and O–H groups in total. The Labute approximate surface area is 87.5 Å². The molecule has 1 heterocycles. The largest absolute Gasteiger partial charge is 0.377 e. The van der Waals surface area contributed by atoms with E-state index in [9.17, 15) is 8.78 Å². The minimum absolute atomic E-state index is 0.0451. The zero-order valence-electron chi connectivity index (χ0n) is 8.76. The Morgan fingerprint density at radius 3 is 2.80 bits per heavy atom. The number of halogens is 2. The molecule has 0 unspecified atom stereocenters. The molecule has 1 aromatic rings. The first-order valence-corrected chi connectivity index (χ1v) is 4.76. The third kappa shape index (κ3) is 4.20. The number of pyridine rings is 1. The van der Waals surface area contributed by atoms with Gasteiger partial charge in [-0.2, -0.15) is 0 Å². The molecular weight excluding hydrogens is 202 g/mol. The van der Waals surface area contributed by atoms with Gasteiger partial charge >= 0.3 is 0 Å². The molecule has 0 atom stereocenters. The molecular formula is C10H14F2N2O. The summed E-state index contributed by atoms with van der Waals surface area (Å²) in [7, 11) is 0. The summed E-state index contributed by atoms with van der Waals surface area (Å²) in [4.78, 5) is 3.58. The number of aromatic nitrogens is 1. The van der Waals surface area contributed by atoms with Gasteiger partial charge in [0, 0.05) is 12.6 Å². The molecule has 0 spiro atoms. The van der Waals surface area contributed by atoms with E-state index in [1.54, 1.807) is 0 Å². The number of ether oxygens (including phenoxy) is 1. The smallest absolute Gasteiger partial charge is 0.168 e. The second kappa shape index (κ2) is 5.60. The Hall–Kier alpha value is -1.23. The van der Waals surface area contributed by atoms with Gasteiger partial charge in [0.1, 0.15) is 5.82 Å². The molecule has 0 aliphatic carbocycles. The monoisotopic (exact) mass is 216 g/mol. The molecule has 0 aliphatic heterocycles. The highest BCUT2D eigenvalue weighted by Crippen LogP contribution is 2.10. The van der Waals surface area contributed by atoms with Gasteiger partial charge in [0.15, 0.2) is 11.6 Å². The lowest BCUT2D eigenvalue weighted by Crippen LogP contribution is -2.14. The fourth-order valence-electron chi connectivity index (χ4n) is 1.01. The molecule has 0 saturated heterocycles. The zero-order chi connectivity index (χ0) is 11.3. The SMILES string of the molecule is CC(C)OCCNc1ncc(F)cc1F. The van der Waals surface area contributed by atoms with Crippen LogP contribution >= 0.6 is 0 Å². The minimum atomic E-state index is -0.695. The van der Waals surface area contributed by atoms with Gasteiger partial charge in [-0.05, 0) is 13.8 Å². The van der Waals surface area contributed by atoms with Crippen LogP contribution in [-0.4, -0.2) is 24.2 Å². The van der Waals surface area contributed by atoms with Crippen LogP contribution in [0.25, 0.3) is 0 Å². The lowest BCUT2D eigenvalue weighted by atomic mass is 10.4. The molecule has 0 aliphatic rings. The summed E-state index contributed by atoms with van der Waals surface area (Å²) in [6, 6.07) is 0.790. The molecule has 0 amide bonds. The Morgan fingerprint density at radius 1 is 1.47 bits per heavy atom. The summed E-state index contributed by atoms with van der Waals surface area (Å²) in [5, 5.41) is 2.72. The average Bonchev–Trinajstić information content (AvgIpc) is 2.14. The molecule has 1 aromatic heterocycles. The van der Waals surface area contributed by atoms with Crippen LogP contribution in [0, 0.1) is 11.6 Å². The van der Waals surface area contributed by atoms with Crippen LogP contribution in [0.15, 0.2) is 12.3 Å². The van der Waals surface area contributed by atoms with Crippen LogP contribution in [0.2, 0.25) is 0 Å². The standard InChI is InChI=1S/C10H14F2N2O/c1-7(2)15-4-3-13-10-9(12)5-8(11)6-14-10/h5-7H,3-4H2,1-2H3,(H,13,14). The summed E-state index contributed by atoms with van der Waals surface area (Å²) >= 11 is 0. The van der Waals surface area contributed by atoms with Gasteiger partial charge in [-0.1, -0.05) is 0 Å². The van der Waals surface area contributed by atoms with Gasteiger partial charge < -0.3 is 10.1 Å². The highest BCUT2D eigenvalue weighted by molar-refractivity contribution is 5.35. The lowest BCUT2D eigenvalue weighted by Gasteiger charge is -2.09. The van der Waals surface area contributed by atoms with E-state index in [1.807, 2.05) is 13.8 Å². The molecule has 0 radical (unpaired) electrons. The van der Waals surface area contributed by atoms with Crippen LogP contribution in [0.3, 0.4) is 0 Å². The van der Waals surface area contributed by atoms with Crippen molar-refractivity contribution in [3.63, 3.8) is 0 Å². The van der Waals surface area contributed by atoms with E-state index in [-0.39, 0.29) is 11.9 Å². The predicted octanol–water partition coefficient (Wildman–Crippen LogP) is 2.20. The van der Waals surface area contributed by atoms with E-state index >= 15 is 0 Å². The van der Waals surface area contributed by atoms with Gasteiger partial charge in [0.25, 0.3) is 0 Å². The summed E-state index contributed by atoms with van der Waals surface area (Å²) in [6.07, 6.45) is 1.10.